The molecule has 17 heavy (non-hydrogen) atoms. The van der Waals surface area contributed by atoms with E-state index in [2.05, 4.69) is 5.32 Å². The van der Waals surface area contributed by atoms with Gasteiger partial charge >= 0.3 is 0 Å². The fourth-order valence-corrected chi connectivity index (χ4v) is 2.76. The maximum absolute atomic E-state index is 12.2. The van der Waals surface area contributed by atoms with E-state index in [-0.39, 0.29) is 11.4 Å². The third-order valence-corrected chi connectivity index (χ3v) is 3.76. The smallest absolute Gasteiger partial charge is 0.170 e. The number of fused-ring (bicyclic) bond motifs is 1. The van der Waals surface area contributed by atoms with Crippen LogP contribution in [0.5, 0.6) is 5.75 Å². The molecule has 1 aromatic rings. The molecule has 0 saturated carbocycles. The SMILES string of the molecule is Cc1ccc2c(c1)OC1(CCNCC1)CC2=O. The third-order valence-electron chi connectivity index (χ3n) is 3.76. The third kappa shape index (κ3) is 1.84. The molecule has 0 aromatic heterocycles. The molecule has 3 nitrogen and oxygen atoms in total. The van der Waals surface area contributed by atoms with Crippen LogP contribution in [-0.2, 0) is 0 Å². The van der Waals surface area contributed by atoms with Gasteiger partial charge in [-0.15, -0.1) is 0 Å². The van der Waals surface area contributed by atoms with Gasteiger partial charge in [0.2, 0.25) is 0 Å². The largest absolute Gasteiger partial charge is 0.486 e. The Bertz CT molecular complexity index is 461. The summed E-state index contributed by atoms with van der Waals surface area (Å²) in [6.45, 7) is 3.90. The topological polar surface area (TPSA) is 38.3 Å². The molecular formula is C14H17NO2. The van der Waals surface area contributed by atoms with Gasteiger partial charge < -0.3 is 10.1 Å². The van der Waals surface area contributed by atoms with Gasteiger partial charge in [-0.2, -0.15) is 0 Å². The van der Waals surface area contributed by atoms with Crippen molar-refractivity contribution >= 4 is 5.78 Å². The number of hydrogen-bond donors (Lipinski definition) is 1. The van der Waals surface area contributed by atoms with Crippen LogP contribution in [-0.4, -0.2) is 24.5 Å². The van der Waals surface area contributed by atoms with Crippen LogP contribution >= 0.6 is 0 Å². The molecule has 2 heterocycles. The summed E-state index contributed by atoms with van der Waals surface area (Å²) in [5.41, 5.74) is 1.64. The lowest BCUT2D eigenvalue weighted by atomic mass is 9.83. The van der Waals surface area contributed by atoms with E-state index in [0.29, 0.717) is 6.42 Å². The first-order valence-electron chi connectivity index (χ1n) is 6.22. The van der Waals surface area contributed by atoms with Crippen LogP contribution in [0.25, 0.3) is 0 Å². The van der Waals surface area contributed by atoms with Gasteiger partial charge in [0.15, 0.2) is 5.78 Å². The lowest BCUT2D eigenvalue weighted by molar-refractivity contribution is 0.0187. The number of ether oxygens (including phenoxy) is 1. The van der Waals surface area contributed by atoms with E-state index in [1.165, 1.54) is 0 Å². The van der Waals surface area contributed by atoms with Crippen molar-refractivity contribution in [2.24, 2.45) is 0 Å². The molecule has 1 aromatic carbocycles. The van der Waals surface area contributed by atoms with Crippen molar-refractivity contribution in [2.75, 3.05) is 13.1 Å². The maximum Gasteiger partial charge on any atom is 0.170 e. The Labute approximate surface area is 101 Å². The number of aryl methyl sites for hydroxylation is 1. The molecule has 0 radical (unpaired) electrons. The number of Topliss-reactive ketones (excluding diaryl/α,β-unsaturated/α-hetero) is 1. The lowest BCUT2D eigenvalue weighted by Crippen LogP contribution is -2.49. The fourth-order valence-electron chi connectivity index (χ4n) is 2.76. The first kappa shape index (κ1) is 10.8. The van der Waals surface area contributed by atoms with E-state index in [4.69, 9.17) is 4.74 Å². The van der Waals surface area contributed by atoms with E-state index in [9.17, 15) is 4.79 Å². The van der Waals surface area contributed by atoms with Crippen LogP contribution < -0.4 is 10.1 Å². The summed E-state index contributed by atoms with van der Waals surface area (Å²) >= 11 is 0. The molecule has 3 rings (SSSR count). The summed E-state index contributed by atoms with van der Waals surface area (Å²) in [4.78, 5) is 12.2. The van der Waals surface area contributed by atoms with E-state index >= 15 is 0 Å². The number of carbonyl (C=O) groups excluding carboxylic acids is 1. The molecule has 0 bridgehead atoms. The van der Waals surface area contributed by atoms with Crippen LogP contribution in [0.1, 0.15) is 35.2 Å². The molecule has 1 saturated heterocycles. The highest BCUT2D eigenvalue weighted by Gasteiger charge is 2.41. The molecule has 0 unspecified atom stereocenters. The number of piperidine rings is 1. The number of benzene rings is 1. The van der Waals surface area contributed by atoms with E-state index in [0.717, 1.165) is 42.8 Å². The summed E-state index contributed by atoms with van der Waals surface area (Å²) < 4.78 is 6.15. The molecule has 3 heteroatoms. The van der Waals surface area contributed by atoms with Crippen molar-refractivity contribution in [3.8, 4) is 5.75 Å². The number of rotatable bonds is 0. The van der Waals surface area contributed by atoms with Gasteiger partial charge in [-0.3, -0.25) is 4.79 Å². The second-order valence-electron chi connectivity index (χ2n) is 5.13. The number of carbonyl (C=O) groups is 1. The van der Waals surface area contributed by atoms with Gasteiger partial charge in [0.25, 0.3) is 0 Å². The summed E-state index contributed by atoms with van der Waals surface area (Å²) in [7, 11) is 0. The molecular weight excluding hydrogens is 214 g/mol. The predicted molar refractivity (Wildman–Crippen MR) is 65.6 cm³/mol. The van der Waals surface area contributed by atoms with Crippen molar-refractivity contribution in [2.45, 2.75) is 31.8 Å². The Morgan fingerprint density at radius 2 is 2.06 bits per heavy atom. The van der Waals surface area contributed by atoms with Crippen LogP contribution in [0.3, 0.4) is 0 Å². The molecule has 1 N–H and O–H groups in total. The average molecular weight is 231 g/mol. The molecule has 0 atom stereocenters. The van der Waals surface area contributed by atoms with Crippen LogP contribution in [0.4, 0.5) is 0 Å². The van der Waals surface area contributed by atoms with Gasteiger partial charge in [0.1, 0.15) is 11.4 Å². The first-order valence-corrected chi connectivity index (χ1v) is 6.22. The van der Waals surface area contributed by atoms with Crippen LogP contribution in [0.2, 0.25) is 0 Å². The Balaban J connectivity index is 1.98. The zero-order valence-electron chi connectivity index (χ0n) is 10.1. The van der Waals surface area contributed by atoms with Crippen LogP contribution in [0.15, 0.2) is 18.2 Å². The van der Waals surface area contributed by atoms with Crippen molar-refractivity contribution in [1.29, 1.82) is 0 Å². The summed E-state index contributed by atoms with van der Waals surface area (Å²) in [6.07, 6.45) is 2.38. The highest BCUT2D eigenvalue weighted by atomic mass is 16.5. The van der Waals surface area contributed by atoms with Crippen molar-refractivity contribution < 1.29 is 9.53 Å². The van der Waals surface area contributed by atoms with Crippen molar-refractivity contribution in [3.05, 3.63) is 29.3 Å². The predicted octanol–water partition coefficient (Wildman–Crippen LogP) is 2.08. The second-order valence-corrected chi connectivity index (χ2v) is 5.13. The standard InChI is InChI=1S/C14H17NO2/c1-10-2-3-11-12(16)9-14(17-13(11)8-10)4-6-15-7-5-14/h2-3,8,15H,4-7,9H2,1H3. The summed E-state index contributed by atoms with van der Waals surface area (Å²) in [5.74, 6) is 1.01. The minimum absolute atomic E-state index is 0.230. The molecule has 1 spiro atoms. The minimum atomic E-state index is -0.247. The van der Waals surface area contributed by atoms with E-state index < -0.39 is 0 Å². The molecule has 90 valence electrons. The Morgan fingerprint density at radius 3 is 2.82 bits per heavy atom. The number of hydrogen-bond acceptors (Lipinski definition) is 3. The van der Waals surface area contributed by atoms with E-state index in [1.54, 1.807) is 0 Å². The minimum Gasteiger partial charge on any atom is -0.486 e. The maximum atomic E-state index is 12.2. The Hall–Kier alpha value is -1.35. The highest BCUT2D eigenvalue weighted by molar-refractivity contribution is 6.00. The average Bonchev–Trinajstić information content (AvgIpc) is 2.29. The van der Waals surface area contributed by atoms with Gasteiger partial charge in [0, 0.05) is 12.8 Å². The Kier molecular flexibility index (Phi) is 2.44. The van der Waals surface area contributed by atoms with Gasteiger partial charge in [-0.25, -0.2) is 0 Å². The molecule has 2 aliphatic rings. The quantitative estimate of drug-likeness (QED) is 0.743. The number of nitrogens with one attached hydrogen (secondary N) is 1. The van der Waals surface area contributed by atoms with Crippen molar-refractivity contribution in [3.63, 3.8) is 0 Å². The molecule has 0 aliphatic carbocycles. The highest BCUT2D eigenvalue weighted by Crippen LogP contribution is 2.38. The fraction of sp³-hybridized carbons (Fsp3) is 0.500. The molecule has 2 aliphatic heterocycles. The molecule has 1 fully saturated rings. The van der Waals surface area contributed by atoms with E-state index in [1.807, 2.05) is 25.1 Å². The second kappa shape index (κ2) is 3.84. The first-order chi connectivity index (χ1) is 8.19. The summed E-state index contributed by atoms with van der Waals surface area (Å²) in [5, 5.41) is 3.32. The monoisotopic (exact) mass is 231 g/mol. The van der Waals surface area contributed by atoms with Gasteiger partial charge in [-0.05, 0) is 37.7 Å². The van der Waals surface area contributed by atoms with Crippen molar-refractivity contribution in [1.82, 2.24) is 5.32 Å². The lowest BCUT2D eigenvalue weighted by Gasteiger charge is -2.40. The van der Waals surface area contributed by atoms with Gasteiger partial charge in [-0.1, -0.05) is 6.07 Å². The number of ketones is 1. The zero-order chi connectivity index (χ0) is 11.9. The zero-order valence-corrected chi connectivity index (χ0v) is 10.1. The molecule has 0 amide bonds. The van der Waals surface area contributed by atoms with Crippen LogP contribution in [0, 0.1) is 6.92 Å². The summed E-state index contributed by atoms with van der Waals surface area (Å²) in [6, 6.07) is 5.84. The normalized spacial score (nSPS) is 22.1. The Morgan fingerprint density at radius 1 is 1.29 bits per heavy atom. The van der Waals surface area contributed by atoms with Gasteiger partial charge in [0.05, 0.1) is 12.0 Å².